The number of carboxylic acid groups (broad SMARTS) is 3. The number of H-pyrrole nitrogens is 1. The number of aromatic nitrogens is 1. The minimum absolute atomic E-state index is 0.0142. The van der Waals surface area contributed by atoms with Gasteiger partial charge in [0.15, 0.2) is 0 Å². The Balaban J connectivity index is 0.00000386. The first-order chi connectivity index (χ1) is 37.0. The van der Waals surface area contributed by atoms with E-state index >= 15 is 0 Å². The van der Waals surface area contributed by atoms with Crippen LogP contribution in [0.25, 0.3) is 10.9 Å². The molecule has 1 heterocycles. The summed E-state index contributed by atoms with van der Waals surface area (Å²) in [4.78, 5) is 144. The van der Waals surface area contributed by atoms with Crippen LogP contribution in [0.15, 0.2) is 85.1 Å². The lowest BCUT2D eigenvalue weighted by Gasteiger charge is -2.26. The predicted molar refractivity (Wildman–Crippen MR) is 290 cm³/mol. The highest BCUT2D eigenvalue weighted by molar-refractivity contribution is 7.98. The number of hydrogen-bond acceptors (Lipinski definition) is 15. The SMILES string of the molecule is CC(=O)O.CSCCC(NC(=O)C(Cc1ccc(O)cc1)NC(=O)C(N)CC(=O)O)C(=O)NCC(=O)NC(Cc1c[nH]c2ccccc12)C(=O)NC(CCSC)C(=O)NC(CC(=O)O)C(=O)NC(Cc1ccccc1)C(N)=O. The number of phenolic OH excluding ortho intramolecular Hbond substituents is 1. The number of carbonyl (C=O) groups excluding carboxylic acids is 8. The van der Waals surface area contributed by atoms with Crippen molar-refractivity contribution in [3.8, 4) is 5.75 Å². The lowest BCUT2D eigenvalue weighted by molar-refractivity contribution is -0.141. The fourth-order valence-corrected chi connectivity index (χ4v) is 8.40. The second-order valence-corrected chi connectivity index (χ2v) is 19.5. The van der Waals surface area contributed by atoms with E-state index in [-0.39, 0.29) is 37.9 Å². The highest BCUT2D eigenvalue weighted by atomic mass is 32.2. The summed E-state index contributed by atoms with van der Waals surface area (Å²) in [6, 6.07) is 11.5. The third kappa shape index (κ3) is 23.0. The summed E-state index contributed by atoms with van der Waals surface area (Å²) >= 11 is 2.68. The largest absolute Gasteiger partial charge is 0.508 e. The maximum absolute atomic E-state index is 14.3. The minimum Gasteiger partial charge on any atom is -0.508 e. The molecule has 25 nitrogen and oxygen atoms in total. The Bertz CT molecular complexity index is 2710. The number of aromatic amines is 1. The molecule has 0 aliphatic heterocycles. The van der Waals surface area contributed by atoms with Crippen LogP contribution in [0.4, 0.5) is 0 Å². The molecule has 4 rings (SSSR count). The van der Waals surface area contributed by atoms with Crippen molar-refractivity contribution in [3.63, 3.8) is 0 Å². The third-order valence-electron chi connectivity index (χ3n) is 11.4. The molecule has 0 aliphatic rings. The summed E-state index contributed by atoms with van der Waals surface area (Å²) in [5.41, 5.74) is 13.8. The van der Waals surface area contributed by atoms with E-state index in [0.717, 1.165) is 6.92 Å². The van der Waals surface area contributed by atoms with E-state index in [0.29, 0.717) is 39.1 Å². The van der Waals surface area contributed by atoms with E-state index < -0.39 is 127 Å². The van der Waals surface area contributed by atoms with Gasteiger partial charge < -0.3 is 74.1 Å². The van der Waals surface area contributed by atoms with Gasteiger partial charge >= 0.3 is 11.9 Å². The predicted octanol–water partition coefficient (Wildman–Crippen LogP) is -0.715. The van der Waals surface area contributed by atoms with E-state index in [1.165, 1.54) is 47.8 Å². The van der Waals surface area contributed by atoms with Gasteiger partial charge in [-0.05, 0) is 71.7 Å². The second kappa shape index (κ2) is 33.1. The number of carbonyl (C=O) groups is 11. The van der Waals surface area contributed by atoms with Gasteiger partial charge in [-0.15, -0.1) is 0 Å². The van der Waals surface area contributed by atoms with Gasteiger partial charge in [0.1, 0.15) is 42.0 Å². The summed E-state index contributed by atoms with van der Waals surface area (Å²) in [7, 11) is 0. The van der Waals surface area contributed by atoms with Crippen LogP contribution < -0.4 is 48.7 Å². The fraction of sp³-hybridized carbons (Fsp3) is 0.392. The molecule has 0 bridgehead atoms. The molecule has 3 aromatic carbocycles. The van der Waals surface area contributed by atoms with Crippen molar-refractivity contribution in [1.82, 2.24) is 42.2 Å². The number of amides is 8. The first kappa shape index (κ1) is 64.1. The molecular formula is C51H66N10O15S2. The molecule has 78 heavy (non-hydrogen) atoms. The Labute approximate surface area is 456 Å². The van der Waals surface area contributed by atoms with Gasteiger partial charge in [0.2, 0.25) is 47.3 Å². The maximum Gasteiger partial charge on any atom is 0.305 e. The maximum atomic E-state index is 14.3. The van der Waals surface area contributed by atoms with Crippen molar-refractivity contribution in [2.45, 2.75) is 94.2 Å². The van der Waals surface area contributed by atoms with Crippen LogP contribution in [0.1, 0.15) is 49.3 Å². The Hall–Kier alpha value is -8.17. The molecule has 0 spiro atoms. The fourth-order valence-electron chi connectivity index (χ4n) is 7.46. The number of rotatable bonds is 31. The lowest BCUT2D eigenvalue weighted by Crippen LogP contribution is -2.59. The zero-order chi connectivity index (χ0) is 57.9. The number of hydrogen-bond donors (Lipinski definition) is 14. The summed E-state index contributed by atoms with van der Waals surface area (Å²) in [6.45, 7) is 0.374. The first-order valence-corrected chi connectivity index (χ1v) is 26.9. The van der Waals surface area contributed by atoms with E-state index in [1.54, 1.807) is 73.3 Å². The van der Waals surface area contributed by atoms with Crippen molar-refractivity contribution >= 4 is 99.6 Å². The number of primary amides is 1. The van der Waals surface area contributed by atoms with Crippen LogP contribution in [0.5, 0.6) is 5.75 Å². The molecule has 0 saturated heterocycles. The number of para-hydroxylation sites is 1. The number of aromatic hydroxyl groups is 1. The number of thioether (sulfide) groups is 2. The molecule has 422 valence electrons. The molecule has 7 unspecified atom stereocenters. The molecule has 0 saturated carbocycles. The third-order valence-corrected chi connectivity index (χ3v) is 12.6. The van der Waals surface area contributed by atoms with Crippen molar-refractivity contribution in [2.75, 3.05) is 30.6 Å². The Morgan fingerprint density at radius 3 is 1.58 bits per heavy atom. The second-order valence-electron chi connectivity index (χ2n) is 17.6. The van der Waals surface area contributed by atoms with Gasteiger partial charge in [-0.2, -0.15) is 23.5 Å². The van der Waals surface area contributed by atoms with Crippen LogP contribution in [0, 0.1) is 0 Å². The number of fused-ring (bicyclic) bond motifs is 1. The zero-order valence-electron chi connectivity index (χ0n) is 42.9. The molecule has 0 radical (unpaired) electrons. The minimum atomic E-state index is -1.72. The normalized spacial score (nSPS) is 13.4. The van der Waals surface area contributed by atoms with E-state index in [1.807, 2.05) is 0 Å². The Morgan fingerprint density at radius 1 is 0.551 bits per heavy atom. The zero-order valence-corrected chi connectivity index (χ0v) is 44.6. The van der Waals surface area contributed by atoms with Crippen molar-refractivity contribution < 1.29 is 73.2 Å². The number of carboxylic acids is 3. The van der Waals surface area contributed by atoms with E-state index in [2.05, 4.69) is 42.2 Å². The summed E-state index contributed by atoms with van der Waals surface area (Å²) in [6.07, 6.45) is 3.24. The van der Waals surface area contributed by atoms with Gasteiger partial charge in [-0.3, -0.25) is 52.7 Å². The highest BCUT2D eigenvalue weighted by Gasteiger charge is 2.34. The van der Waals surface area contributed by atoms with Gasteiger partial charge in [-0.1, -0.05) is 60.7 Å². The van der Waals surface area contributed by atoms with E-state index in [4.69, 9.17) is 26.5 Å². The lowest BCUT2D eigenvalue weighted by atomic mass is 10.0. The number of aliphatic carboxylic acids is 3. The molecule has 27 heteroatoms. The number of nitrogens with one attached hydrogen (secondary N) is 8. The smallest absolute Gasteiger partial charge is 0.305 e. The average molecular weight is 1120 g/mol. The van der Waals surface area contributed by atoms with Crippen LogP contribution in [-0.4, -0.2) is 163 Å². The molecule has 0 fully saturated rings. The van der Waals surface area contributed by atoms with Crippen molar-refractivity contribution in [2.24, 2.45) is 11.5 Å². The topological polar surface area (TPSA) is 421 Å². The molecule has 8 amide bonds. The summed E-state index contributed by atoms with van der Waals surface area (Å²) in [5, 5.41) is 54.4. The van der Waals surface area contributed by atoms with Crippen LogP contribution in [0.2, 0.25) is 0 Å². The van der Waals surface area contributed by atoms with Crippen molar-refractivity contribution in [1.29, 1.82) is 0 Å². The number of benzene rings is 3. The molecule has 1 aromatic heterocycles. The van der Waals surface area contributed by atoms with Crippen molar-refractivity contribution in [3.05, 3.63) is 102 Å². The average Bonchev–Trinajstić information content (AvgIpc) is 3.81. The molecule has 0 aliphatic carbocycles. The van der Waals surface area contributed by atoms with Crippen LogP contribution >= 0.6 is 23.5 Å². The van der Waals surface area contributed by atoms with Gasteiger partial charge in [-0.25, -0.2) is 0 Å². The van der Waals surface area contributed by atoms with Crippen LogP contribution in [-0.2, 0) is 72.0 Å². The standard InChI is InChI=1S/C49H62N10O13S2.C2H4O2/c1-73-18-16-34(55-47(70)37(21-28-12-14-30(60)15-13-28)58-44(67)32(50)23-41(62)63)45(68)53-26-40(61)54-38(22-29-25-52-33-11-7-6-10-31(29)33)48(71)56-35(17-19-74-2)46(69)59-39(24-42(64)65)49(72)57-36(43(51)66)20-27-8-4-3-5-9-27;1-2(3)4/h3-15,25,32,34-39,52,60H,16-24,26,50H2,1-2H3,(H2,51,66)(H,53,68)(H,54,61)(H,55,70)(H,56,71)(H,57,72)(H,58,67)(H,59,69)(H,62,63)(H,64,65);1H3,(H,3,4). The van der Waals surface area contributed by atoms with Gasteiger partial charge in [0.05, 0.1) is 25.4 Å². The monoisotopic (exact) mass is 1120 g/mol. The number of phenols is 1. The quantitative estimate of drug-likeness (QED) is 0.0296. The summed E-state index contributed by atoms with van der Waals surface area (Å²) in [5.74, 6) is -10.2. The molecule has 4 aromatic rings. The molecule has 7 atom stereocenters. The summed E-state index contributed by atoms with van der Waals surface area (Å²) < 4.78 is 0. The highest BCUT2D eigenvalue weighted by Crippen LogP contribution is 2.20. The van der Waals surface area contributed by atoms with Crippen LogP contribution in [0.3, 0.4) is 0 Å². The van der Waals surface area contributed by atoms with Gasteiger partial charge in [0.25, 0.3) is 5.97 Å². The molecular weight excluding hydrogens is 1060 g/mol. The number of nitrogens with two attached hydrogens (primary N) is 2. The van der Waals surface area contributed by atoms with E-state index in [9.17, 15) is 58.2 Å². The Morgan fingerprint density at radius 2 is 1.01 bits per heavy atom. The molecule has 16 N–H and O–H groups in total. The Kier molecular flexibility index (Phi) is 27.2. The van der Waals surface area contributed by atoms with Gasteiger partial charge in [0, 0.05) is 43.3 Å². The first-order valence-electron chi connectivity index (χ1n) is 24.1.